The summed E-state index contributed by atoms with van der Waals surface area (Å²) in [5.74, 6) is -10.8. The molecule has 0 aliphatic rings. The van der Waals surface area contributed by atoms with E-state index in [4.69, 9.17) is 10.5 Å². The molecule has 0 aromatic carbocycles. The monoisotopic (exact) mass is 1350 g/mol. The van der Waals surface area contributed by atoms with Crippen LogP contribution in [0.25, 0.3) is 0 Å². The lowest BCUT2D eigenvalue weighted by atomic mass is 9.91. The van der Waals surface area contributed by atoms with Crippen LogP contribution in [-0.4, -0.2) is 256 Å². The van der Waals surface area contributed by atoms with Crippen LogP contribution in [0.4, 0.5) is 0 Å². The van der Waals surface area contributed by atoms with Crippen molar-refractivity contribution in [1.29, 1.82) is 0 Å². The van der Waals surface area contributed by atoms with Crippen LogP contribution in [0.1, 0.15) is 163 Å². The summed E-state index contributed by atoms with van der Waals surface area (Å²) in [6.45, 7) is 30.2. The van der Waals surface area contributed by atoms with Gasteiger partial charge in [-0.2, -0.15) is 0 Å². The van der Waals surface area contributed by atoms with Crippen molar-refractivity contribution in [3.05, 3.63) is 12.2 Å². The van der Waals surface area contributed by atoms with Gasteiger partial charge in [-0.3, -0.25) is 52.7 Å². The lowest BCUT2D eigenvalue weighted by Gasteiger charge is -2.40. The van der Waals surface area contributed by atoms with Gasteiger partial charge in [-0.15, -0.1) is 0 Å². The van der Waals surface area contributed by atoms with E-state index in [0.717, 1.165) is 16.9 Å². The molecule has 0 saturated heterocycles. The van der Waals surface area contributed by atoms with Crippen LogP contribution < -0.4 is 32.3 Å². The van der Waals surface area contributed by atoms with Crippen molar-refractivity contribution in [1.82, 2.24) is 56.0 Å². The molecule has 0 aliphatic carbocycles. The van der Waals surface area contributed by atoms with Crippen molar-refractivity contribution in [3.8, 4) is 0 Å². The maximum atomic E-state index is 14.8. The summed E-state index contributed by atoms with van der Waals surface area (Å²) >= 11 is 0. The Kier molecular flexibility index (Phi) is 38.4. The van der Waals surface area contributed by atoms with Crippen LogP contribution in [0.5, 0.6) is 0 Å². The topological polar surface area (TPSA) is 380 Å². The number of esters is 1. The number of ether oxygens (including phenoxy) is 1. The smallest absolute Gasteiger partial charge is 0.331 e. The van der Waals surface area contributed by atoms with Gasteiger partial charge < -0.3 is 81.8 Å². The van der Waals surface area contributed by atoms with Gasteiger partial charge in [0.15, 0.2) is 6.04 Å². The number of allylic oxidation sites excluding steroid dienone is 2. The van der Waals surface area contributed by atoms with Gasteiger partial charge in [-0.1, -0.05) is 102 Å². The van der Waals surface area contributed by atoms with Crippen molar-refractivity contribution >= 4 is 70.9 Å². The maximum Gasteiger partial charge on any atom is 0.331 e. The van der Waals surface area contributed by atoms with Crippen LogP contribution in [-0.2, 0) is 62.3 Å². The first kappa shape index (κ1) is 88.2. The van der Waals surface area contributed by atoms with E-state index >= 15 is 0 Å². The Morgan fingerprint density at radius 1 is 0.442 bits per heavy atom. The van der Waals surface area contributed by atoms with Gasteiger partial charge in [-0.25, -0.2) is 4.79 Å². The van der Waals surface area contributed by atoms with E-state index in [0.29, 0.717) is 6.42 Å². The molecule has 0 fully saturated rings. The van der Waals surface area contributed by atoms with Gasteiger partial charge in [0, 0.05) is 42.3 Å². The fourth-order valence-electron chi connectivity index (χ4n) is 11.0. The fraction of sp³-hybridized carbons (Fsp3) is 0.791. The van der Waals surface area contributed by atoms with E-state index in [1.54, 1.807) is 39.8 Å². The Morgan fingerprint density at radius 3 is 1.22 bits per heavy atom. The second kappa shape index (κ2) is 41.4. The third-order valence-electron chi connectivity index (χ3n) is 16.7. The molecule has 0 aromatic rings. The second-order valence-electron chi connectivity index (χ2n) is 28.2. The predicted molar refractivity (Wildman–Crippen MR) is 361 cm³/mol. The molecule has 0 spiro atoms. The second-order valence-corrected chi connectivity index (χ2v) is 28.2. The Hall–Kier alpha value is -6.78. The molecule has 0 unspecified atom stereocenters. The van der Waals surface area contributed by atoms with E-state index in [-0.39, 0.29) is 61.7 Å². The van der Waals surface area contributed by atoms with Crippen LogP contribution in [0.3, 0.4) is 0 Å². The van der Waals surface area contributed by atoms with Crippen LogP contribution in [0.2, 0.25) is 0 Å². The highest BCUT2D eigenvalue weighted by atomic mass is 16.5. The number of amides is 11. The molecule has 10 N–H and O–H groups in total. The van der Waals surface area contributed by atoms with Gasteiger partial charge in [0.1, 0.15) is 60.4 Å². The van der Waals surface area contributed by atoms with E-state index in [1.807, 2.05) is 69.2 Å². The van der Waals surface area contributed by atoms with E-state index in [9.17, 15) is 72.9 Å². The largest absolute Gasteiger partial charge is 0.467 e. The van der Waals surface area contributed by atoms with E-state index < -0.39 is 174 Å². The third-order valence-corrected chi connectivity index (χ3v) is 16.7. The van der Waals surface area contributed by atoms with Crippen LogP contribution in [0, 0.1) is 41.4 Å². The Labute approximate surface area is 565 Å². The zero-order chi connectivity index (χ0) is 74.1. The quantitative estimate of drug-likeness (QED) is 0.0307. The number of nitrogens with two attached hydrogens (primary N) is 1. The highest BCUT2D eigenvalue weighted by molar-refractivity contribution is 5.99. The highest BCUT2D eigenvalue weighted by Crippen LogP contribution is 2.24. The summed E-state index contributed by atoms with van der Waals surface area (Å²) in [5.41, 5.74) is 5.82. The fourth-order valence-corrected chi connectivity index (χ4v) is 11.0. The average molecular weight is 1350 g/mol. The van der Waals surface area contributed by atoms with E-state index in [2.05, 4.69) is 26.6 Å². The first-order chi connectivity index (χ1) is 43.7. The normalized spacial score (nSPS) is 16.5. The lowest BCUT2D eigenvalue weighted by molar-refractivity contribution is -0.156. The van der Waals surface area contributed by atoms with Crippen molar-refractivity contribution in [3.63, 3.8) is 0 Å². The molecule has 11 amide bonds. The molecule has 0 radical (unpaired) electrons. The molecule has 95 heavy (non-hydrogen) atoms. The molecule has 0 bridgehead atoms. The highest BCUT2D eigenvalue weighted by Gasteiger charge is 2.45. The standard InChI is InChI=1S/C67H122N12O16/c1-26-27-28-41(14)56(83)55(61(88)73-53(45(18)81)67(94)95-25)79(24)66(93)54(40(12)13)78(23)64(91)47(30-36(4)5)72-60(87)50(33-39(10)11)76(21)62(89)43(16)70-57(84)42(15)69-58(85)49(32-38(8)9)77(22)63(90)46(29-35(2)3)71-59(86)48(31-37(6)7)75(20)51(82)34-74(19)65(92)52(68)44(17)80/h26-27,35-50,52-56,80-81,83H,28-34,68H2,1-25H3,(H,69,85)(H,70,84)(H,71,86)(H,72,87)(H,73,88)/b27-26+/t41-,42+,43-,44-,45-,46+,47+,48+,49+,50+,52+,53+,54+,55+,56-/m1/s1. The SMILES string of the molecule is C/C=C/C[C@@H](C)[C@@H](O)[C@@H](C(=O)N[C@H](C(=O)OC)[C@@H](C)O)N(C)C(=O)[C@H](C(C)C)N(C)C(=O)[C@H](CC(C)C)NC(=O)[C@H](CC(C)C)N(C)C(=O)[C@@H](C)NC(=O)[C@H](C)NC(=O)[C@H](CC(C)C)N(C)C(=O)[C@H](CC(C)C)NC(=O)[C@H](CC(C)C)N(C)C(=O)CN(C)C(=O)[C@@H](N)[C@@H](C)O. The summed E-state index contributed by atoms with van der Waals surface area (Å²) in [6.07, 6.45) is 0.357. The summed E-state index contributed by atoms with van der Waals surface area (Å²) in [4.78, 5) is 176. The van der Waals surface area contributed by atoms with Gasteiger partial charge in [0.2, 0.25) is 65.0 Å². The molecular formula is C67H122N12O16. The number of aliphatic hydroxyl groups excluding tert-OH is 3. The minimum absolute atomic E-state index is 0.0811. The summed E-state index contributed by atoms with van der Waals surface area (Å²) in [7, 11) is 9.31. The number of rotatable bonds is 40. The maximum absolute atomic E-state index is 14.8. The minimum atomic E-state index is -1.64. The van der Waals surface area contributed by atoms with Crippen molar-refractivity contribution in [2.24, 2.45) is 47.2 Å². The molecule has 0 heterocycles. The first-order valence-corrected chi connectivity index (χ1v) is 33.3. The third kappa shape index (κ3) is 27.7. The Morgan fingerprint density at radius 2 is 0.832 bits per heavy atom. The molecule has 28 heteroatoms. The Bertz CT molecular complexity index is 2580. The molecule has 28 nitrogen and oxygen atoms in total. The molecule has 546 valence electrons. The summed E-state index contributed by atoms with van der Waals surface area (Å²) in [5, 5.41) is 45.4. The van der Waals surface area contributed by atoms with Gasteiger partial charge in [-0.05, 0) is 115 Å². The number of carbonyl (C=O) groups is 12. The van der Waals surface area contributed by atoms with Gasteiger partial charge in [0.25, 0.3) is 0 Å². The van der Waals surface area contributed by atoms with Gasteiger partial charge in [0.05, 0.1) is 32.0 Å². The number of nitrogens with one attached hydrogen (secondary N) is 5. The van der Waals surface area contributed by atoms with Gasteiger partial charge >= 0.3 is 5.97 Å². The molecule has 0 rings (SSSR count). The molecule has 0 aliphatic heterocycles. The Balaban J connectivity index is 6.89. The number of aliphatic hydroxyl groups is 3. The zero-order valence-corrected chi connectivity index (χ0v) is 61.6. The summed E-state index contributed by atoms with van der Waals surface area (Å²) < 4.78 is 4.78. The number of methoxy groups -OCH3 is 1. The molecule has 15 atom stereocenters. The average Bonchev–Trinajstić information content (AvgIpc) is 0.811. The summed E-state index contributed by atoms with van der Waals surface area (Å²) in [6, 6.07) is -14.2. The van der Waals surface area contributed by atoms with Crippen molar-refractivity contribution in [2.45, 2.75) is 248 Å². The molecular weight excluding hydrogens is 1230 g/mol. The van der Waals surface area contributed by atoms with E-state index in [1.165, 1.54) is 89.6 Å². The zero-order valence-electron chi connectivity index (χ0n) is 61.6. The predicted octanol–water partition coefficient (Wildman–Crippen LogP) is 1.16. The van der Waals surface area contributed by atoms with Crippen LogP contribution in [0.15, 0.2) is 12.2 Å². The minimum Gasteiger partial charge on any atom is -0.467 e. The first-order valence-electron chi connectivity index (χ1n) is 33.3. The number of likely N-dealkylation sites (N-methyl/N-ethyl adjacent to an activating group) is 6. The van der Waals surface area contributed by atoms with Crippen LogP contribution >= 0.6 is 0 Å². The molecule has 0 saturated carbocycles. The van der Waals surface area contributed by atoms with Crippen molar-refractivity contribution in [2.75, 3.05) is 55.9 Å². The number of hydrogen-bond acceptors (Lipinski definition) is 17. The number of carbonyl (C=O) groups excluding carboxylic acids is 12. The lowest BCUT2D eigenvalue weighted by Crippen LogP contribution is -2.63. The number of nitrogens with zero attached hydrogens (tertiary/aromatic N) is 6. The molecule has 0 aromatic heterocycles. The number of hydrogen-bond donors (Lipinski definition) is 9. The van der Waals surface area contributed by atoms with Crippen molar-refractivity contribution < 1.29 is 77.6 Å².